The first-order valence-corrected chi connectivity index (χ1v) is 9.03. The zero-order chi connectivity index (χ0) is 17.1. The van der Waals surface area contributed by atoms with Gasteiger partial charge < -0.3 is 4.90 Å². The number of rotatable bonds is 4. The van der Waals surface area contributed by atoms with E-state index in [9.17, 15) is 10.1 Å². The van der Waals surface area contributed by atoms with E-state index in [2.05, 4.69) is 21.9 Å². The van der Waals surface area contributed by atoms with E-state index in [0.717, 1.165) is 42.7 Å². The van der Waals surface area contributed by atoms with Gasteiger partial charge in [-0.3, -0.25) is 9.69 Å². The highest BCUT2D eigenvalue weighted by Gasteiger charge is 2.20. The molecule has 6 heteroatoms. The topological polar surface area (TPSA) is 47.3 Å². The lowest BCUT2D eigenvalue weighted by Crippen LogP contribution is -2.46. The van der Waals surface area contributed by atoms with E-state index in [0.29, 0.717) is 11.1 Å². The molecular weight excluding hydrogens is 342 g/mol. The standard InChI is InChI=1S/C18H18ClN3OS/c1-13(23)14-2-3-15(11-20)17(10-14)22-8-6-21(7-9-22)12-16-4-5-18(19)24-16/h2-5,10H,6-9,12H2,1H3. The third kappa shape index (κ3) is 3.78. The van der Waals surface area contributed by atoms with Crippen LogP contribution in [0.3, 0.4) is 0 Å². The second-order valence-electron chi connectivity index (χ2n) is 5.87. The van der Waals surface area contributed by atoms with Gasteiger partial charge in [0.05, 0.1) is 15.6 Å². The van der Waals surface area contributed by atoms with Crippen LogP contribution in [0.5, 0.6) is 0 Å². The van der Waals surface area contributed by atoms with E-state index in [1.807, 2.05) is 12.1 Å². The Morgan fingerprint density at radius 2 is 2.00 bits per heavy atom. The fourth-order valence-corrected chi connectivity index (χ4v) is 4.04. The number of nitrogens with zero attached hydrogens (tertiary/aromatic N) is 3. The lowest BCUT2D eigenvalue weighted by molar-refractivity contribution is 0.101. The molecule has 1 aliphatic rings. The van der Waals surface area contributed by atoms with Crippen molar-refractivity contribution >= 4 is 34.4 Å². The van der Waals surface area contributed by atoms with Gasteiger partial charge in [0, 0.05) is 43.2 Å². The molecule has 0 amide bonds. The molecule has 1 aromatic heterocycles. The number of anilines is 1. The molecule has 0 saturated carbocycles. The minimum Gasteiger partial charge on any atom is -0.368 e. The minimum absolute atomic E-state index is 0.0222. The van der Waals surface area contributed by atoms with Crippen molar-refractivity contribution in [1.29, 1.82) is 5.26 Å². The number of carbonyl (C=O) groups excluding carboxylic acids is 1. The molecule has 2 aromatic rings. The molecule has 4 nitrogen and oxygen atoms in total. The predicted molar refractivity (Wildman–Crippen MR) is 98.0 cm³/mol. The number of ketones is 1. The molecule has 0 bridgehead atoms. The molecule has 0 unspecified atom stereocenters. The Kier molecular flexibility index (Phi) is 5.20. The zero-order valence-corrected chi connectivity index (χ0v) is 15.0. The molecule has 1 aliphatic heterocycles. The number of hydrogen-bond donors (Lipinski definition) is 0. The van der Waals surface area contributed by atoms with Gasteiger partial charge in [-0.1, -0.05) is 11.6 Å². The van der Waals surface area contributed by atoms with Crippen LogP contribution in [0.4, 0.5) is 5.69 Å². The zero-order valence-electron chi connectivity index (χ0n) is 13.5. The van der Waals surface area contributed by atoms with Crippen molar-refractivity contribution in [3.05, 3.63) is 50.7 Å². The highest BCUT2D eigenvalue weighted by atomic mass is 35.5. The van der Waals surface area contributed by atoms with Gasteiger partial charge in [-0.05, 0) is 37.3 Å². The molecule has 0 N–H and O–H groups in total. The van der Waals surface area contributed by atoms with Crippen LogP contribution < -0.4 is 4.90 Å². The maximum absolute atomic E-state index is 11.6. The van der Waals surface area contributed by atoms with E-state index in [1.165, 1.54) is 4.88 Å². The Bertz CT molecular complexity index is 788. The molecule has 24 heavy (non-hydrogen) atoms. The maximum Gasteiger partial charge on any atom is 0.159 e. The Hall–Kier alpha value is -1.87. The monoisotopic (exact) mass is 359 g/mol. The summed E-state index contributed by atoms with van der Waals surface area (Å²) in [7, 11) is 0. The molecule has 0 radical (unpaired) electrons. The molecular formula is C18H18ClN3OS. The average molecular weight is 360 g/mol. The number of thiophene rings is 1. The Labute approximate surface area is 150 Å². The summed E-state index contributed by atoms with van der Waals surface area (Å²) in [5, 5.41) is 9.34. The van der Waals surface area contributed by atoms with Crippen LogP contribution in [-0.2, 0) is 6.54 Å². The van der Waals surface area contributed by atoms with Gasteiger partial charge in [0.2, 0.25) is 0 Å². The fraction of sp³-hybridized carbons (Fsp3) is 0.333. The second-order valence-corrected chi connectivity index (χ2v) is 7.67. The van der Waals surface area contributed by atoms with E-state index in [4.69, 9.17) is 11.6 Å². The predicted octanol–water partition coefficient (Wildman–Crippen LogP) is 3.80. The summed E-state index contributed by atoms with van der Waals surface area (Å²) in [6, 6.07) is 11.5. The summed E-state index contributed by atoms with van der Waals surface area (Å²) in [5.41, 5.74) is 2.14. The number of nitriles is 1. The van der Waals surface area contributed by atoms with Crippen LogP contribution in [0.2, 0.25) is 4.34 Å². The van der Waals surface area contributed by atoms with E-state index in [1.54, 1.807) is 30.4 Å². The van der Waals surface area contributed by atoms with Crippen LogP contribution in [0.15, 0.2) is 30.3 Å². The van der Waals surface area contributed by atoms with Crippen molar-refractivity contribution in [2.24, 2.45) is 0 Å². The van der Waals surface area contributed by atoms with Gasteiger partial charge in [0.25, 0.3) is 0 Å². The first-order valence-electron chi connectivity index (χ1n) is 7.83. The molecule has 124 valence electrons. The van der Waals surface area contributed by atoms with Crippen molar-refractivity contribution in [1.82, 2.24) is 4.90 Å². The number of Topliss-reactive ketones (excluding diaryl/α,β-unsaturated/α-hetero) is 1. The van der Waals surface area contributed by atoms with Crippen LogP contribution in [0, 0.1) is 11.3 Å². The Morgan fingerprint density at radius 1 is 1.25 bits per heavy atom. The normalized spacial score (nSPS) is 15.3. The molecule has 1 saturated heterocycles. The first-order chi connectivity index (χ1) is 11.6. The largest absolute Gasteiger partial charge is 0.368 e. The van der Waals surface area contributed by atoms with Crippen LogP contribution in [0.25, 0.3) is 0 Å². The number of carbonyl (C=O) groups is 1. The maximum atomic E-state index is 11.6. The minimum atomic E-state index is 0.0222. The highest BCUT2D eigenvalue weighted by molar-refractivity contribution is 7.16. The molecule has 1 fully saturated rings. The Balaban J connectivity index is 1.69. The van der Waals surface area contributed by atoms with Crippen LogP contribution in [-0.4, -0.2) is 36.9 Å². The summed E-state index contributed by atoms with van der Waals surface area (Å²) in [6.45, 7) is 5.98. The van der Waals surface area contributed by atoms with Gasteiger partial charge in [0.1, 0.15) is 6.07 Å². The van der Waals surface area contributed by atoms with Crippen LogP contribution >= 0.6 is 22.9 Å². The van der Waals surface area contributed by atoms with Crippen molar-refractivity contribution in [2.75, 3.05) is 31.1 Å². The van der Waals surface area contributed by atoms with Crippen molar-refractivity contribution in [3.63, 3.8) is 0 Å². The molecule has 1 aromatic carbocycles. The lowest BCUT2D eigenvalue weighted by Gasteiger charge is -2.36. The van der Waals surface area contributed by atoms with Gasteiger partial charge in [0.15, 0.2) is 5.78 Å². The van der Waals surface area contributed by atoms with Crippen molar-refractivity contribution in [2.45, 2.75) is 13.5 Å². The van der Waals surface area contributed by atoms with Crippen LogP contribution in [0.1, 0.15) is 27.7 Å². The summed E-state index contributed by atoms with van der Waals surface area (Å²) in [5.74, 6) is 0.0222. The summed E-state index contributed by atoms with van der Waals surface area (Å²) < 4.78 is 0.823. The summed E-state index contributed by atoms with van der Waals surface area (Å²) in [4.78, 5) is 17.5. The molecule has 2 heterocycles. The lowest BCUT2D eigenvalue weighted by atomic mass is 10.1. The van der Waals surface area contributed by atoms with Gasteiger partial charge >= 0.3 is 0 Å². The fourth-order valence-electron chi connectivity index (χ4n) is 2.91. The third-order valence-electron chi connectivity index (χ3n) is 4.25. The number of halogens is 1. The number of benzene rings is 1. The van der Waals surface area contributed by atoms with Gasteiger partial charge in [-0.15, -0.1) is 11.3 Å². The third-order valence-corrected chi connectivity index (χ3v) is 5.46. The molecule has 0 aliphatic carbocycles. The van der Waals surface area contributed by atoms with Crippen molar-refractivity contribution < 1.29 is 4.79 Å². The van der Waals surface area contributed by atoms with Gasteiger partial charge in [-0.25, -0.2) is 0 Å². The first kappa shape index (κ1) is 17.0. The van der Waals surface area contributed by atoms with E-state index < -0.39 is 0 Å². The SMILES string of the molecule is CC(=O)c1ccc(C#N)c(N2CCN(Cc3ccc(Cl)s3)CC2)c1. The number of piperazine rings is 1. The van der Waals surface area contributed by atoms with Crippen molar-refractivity contribution in [3.8, 4) is 6.07 Å². The summed E-state index contributed by atoms with van der Waals surface area (Å²) in [6.07, 6.45) is 0. The molecule has 0 atom stereocenters. The molecule has 3 rings (SSSR count). The van der Waals surface area contributed by atoms with E-state index >= 15 is 0 Å². The molecule has 0 spiro atoms. The van der Waals surface area contributed by atoms with Gasteiger partial charge in [-0.2, -0.15) is 5.26 Å². The summed E-state index contributed by atoms with van der Waals surface area (Å²) >= 11 is 7.61. The van der Waals surface area contributed by atoms with E-state index in [-0.39, 0.29) is 5.78 Å². The Morgan fingerprint density at radius 3 is 2.58 bits per heavy atom. The second kappa shape index (κ2) is 7.35. The quantitative estimate of drug-likeness (QED) is 0.779. The highest BCUT2D eigenvalue weighted by Crippen LogP contribution is 2.26. The average Bonchev–Trinajstić information content (AvgIpc) is 3.00. The number of hydrogen-bond acceptors (Lipinski definition) is 5. The smallest absolute Gasteiger partial charge is 0.159 e.